The molecule has 0 aliphatic heterocycles. The molecule has 0 saturated carbocycles. The maximum atomic E-state index is 13.7. The number of nitrogens with zero attached hydrogens (tertiary/aromatic N) is 2. The molecule has 1 aromatic heterocycles. The molecular weight excluding hydrogens is 263 g/mol. The van der Waals surface area contributed by atoms with Crippen molar-refractivity contribution in [3.8, 4) is 5.88 Å². The molecule has 0 unspecified atom stereocenters. The molecule has 7 heteroatoms. The predicted molar refractivity (Wildman–Crippen MR) is 62.4 cm³/mol. The minimum absolute atomic E-state index is 0.0347. The zero-order chi connectivity index (χ0) is 13.3. The van der Waals surface area contributed by atoms with E-state index in [0.29, 0.717) is 0 Å². The number of hydrogen-bond donors (Lipinski definition) is 0. The normalized spacial score (nSPS) is 10.4. The summed E-state index contributed by atoms with van der Waals surface area (Å²) in [4.78, 5) is 19.3. The number of rotatable bonds is 2. The summed E-state index contributed by atoms with van der Waals surface area (Å²) in [5.74, 6) is -1.44. The second kappa shape index (κ2) is 4.73. The molecule has 0 aliphatic rings. The van der Waals surface area contributed by atoms with Crippen LogP contribution in [0.15, 0.2) is 12.1 Å². The number of ether oxygens (including phenoxy) is 2. The highest BCUT2D eigenvalue weighted by molar-refractivity contribution is 6.31. The number of esters is 1. The Kier molecular flexibility index (Phi) is 3.29. The summed E-state index contributed by atoms with van der Waals surface area (Å²) in [6.45, 7) is 0. The molecule has 1 aromatic carbocycles. The molecule has 0 aliphatic carbocycles. The molecule has 0 atom stereocenters. The van der Waals surface area contributed by atoms with Gasteiger partial charge in [-0.3, -0.25) is 0 Å². The van der Waals surface area contributed by atoms with Gasteiger partial charge in [0, 0.05) is 6.07 Å². The Morgan fingerprint density at radius 1 is 1.28 bits per heavy atom. The number of halogens is 2. The molecule has 0 radical (unpaired) electrons. The van der Waals surface area contributed by atoms with E-state index in [2.05, 4.69) is 14.7 Å². The first-order valence-corrected chi connectivity index (χ1v) is 5.23. The van der Waals surface area contributed by atoms with Crippen LogP contribution in [0, 0.1) is 5.82 Å². The van der Waals surface area contributed by atoms with Gasteiger partial charge in [0.25, 0.3) is 5.88 Å². The number of aromatic nitrogens is 2. The zero-order valence-electron chi connectivity index (χ0n) is 9.53. The van der Waals surface area contributed by atoms with Crippen LogP contribution < -0.4 is 4.74 Å². The lowest BCUT2D eigenvalue weighted by Gasteiger charge is -2.06. The highest BCUT2D eigenvalue weighted by atomic mass is 35.5. The van der Waals surface area contributed by atoms with Crippen molar-refractivity contribution in [2.24, 2.45) is 0 Å². The summed E-state index contributed by atoms with van der Waals surface area (Å²) in [6, 6.07) is 2.31. The monoisotopic (exact) mass is 270 g/mol. The van der Waals surface area contributed by atoms with Crippen molar-refractivity contribution in [3.05, 3.63) is 28.7 Å². The van der Waals surface area contributed by atoms with Gasteiger partial charge in [-0.2, -0.15) is 0 Å². The van der Waals surface area contributed by atoms with Gasteiger partial charge >= 0.3 is 5.97 Å². The van der Waals surface area contributed by atoms with Crippen LogP contribution in [0.25, 0.3) is 11.0 Å². The van der Waals surface area contributed by atoms with Crippen LogP contribution in [0.1, 0.15) is 10.4 Å². The fourth-order valence-electron chi connectivity index (χ4n) is 1.44. The van der Waals surface area contributed by atoms with E-state index in [-0.39, 0.29) is 27.6 Å². The van der Waals surface area contributed by atoms with Gasteiger partial charge in [0.15, 0.2) is 5.15 Å². The summed E-state index contributed by atoms with van der Waals surface area (Å²) in [5, 5.41) is 0.0347. The SMILES string of the molecule is COC(=O)c1cc2nc(Cl)c(OC)nc2cc1F. The van der Waals surface area contributed by atoms with E-state index >= 15 is 0 Å². The molecule has 0 fully saturated rings. The van der Waals surface area contributed by atoms with Gasteiger partial charge in [0.05, 0.1) is 30.8 Å². The second-order valence-corrected chi connectivity index (χ2v) is 3.69. The lowest BCUT2D eigenvalue weighted by molar-refractivity contribution is 0.0595. The highest BCUT2D eigenvalue weighted by Crippen LogP contribution is 2.24. The molecule has 1 heterocycles. The number of carbonyl (C=O) groups is 1. The predicted octanol–water partition coefficient (Wildman–Crippen LogP) is 2.22. The van der Waals surface area contributed by atoms with Crippen molar-refractivity contribution in [2.75, 3.05) is 14.2 Å². The largest absolute Gasteiger partial charge is 0.479 e. The first-order chi connectivity index (χ1) is 8.56. The van der Waals surface area contributed by atoms with Crippen LogP contribution >= 0.6 is 11.6 Å². The third-order valence-electron chi connectivity index (χ3n) is 2.28. The van der Waals surface area contributed by atoms with E-state index < -0.39 is 11.8 Å². The number of fused-ring (bicyclic) bond motifs is 1. The van der Waals surface area contributed by atoms with Crippen molar-refractivity contribution in [1.29, 1.82) is 0 Å². The summed E-state index contributed by atoms with van der Waals surface area (Å²) in [7, 11) is 2.54. The molecular formula is C11H8ClFN2O3. The van der Waals surface area contributed by atoms with Gasteiger partial charge in [0.2, 0.25) is 0 Å². The van der Waals surface area contributed by atoms with Crippen LogP contribution in [0.2, 0.25) is 5.15 Å². The fourth-order valence-corrected chi connectivity index (χ4v) is 1.65. The summed E-state index contributed by atoms with van der Waals surface area (Å²) >= 11 is 5.80. The van der Waals surface area contributed by atoms with Crippen LogP contribution in [-0.2, 0) is 4.74 Å². The number of benzene rings is 1. The van der Waals surface area contributed by atoms with Crippen LogP contribution in [0.4, 0.5) is 4.39 Å². The smallest absolute Gasteiger partial charge is 0.340 e. The molecule has 0 spiro atoms. The van der Waals surface area contributed by atoms with Gasteiger partial charge in [-0.05, 0) is 6.07 Å². The molecule has 2 rings (SSSR count). The van der Waals surface area contributed by atoms with Crippen molar-refractivity contribution < 1.29 is 18.7 Å². The Balaban J connectivity index is 2.68. The number of hydrogen-bond acceptors (Lipinski definition) is 5. The minimum Gasteiger partial charge on any atom is -0.479 e. The molecule has 5 nitrogen and oxygen atoms in total. The topological polar surface area (TPSA) is 61.3 Å². The van der Waals surface area contributed by atoms with Gasteiger partial charge < -0.3 is 9.47 Å². The molecule has 0 saturated heterocycles. The zero-order valence-corrected chi connectivity index (χ0v) is 10.3. The average molecular weight is 271 g/mol. The third-order valence-corrected chi connectivity index (χ3v) is 2.53. The van der Waals surface area contributed by atoms with E-state index in [9.17, 15) is 9.18 Å². The van der Waals surface area contributed by atoms with E-state index in [1.807, 2.05) is 0 Å². The van der Waals surface area contributed by atoms with Crippen molar-refractivity contribution in [2.45, 2.75) is 0 Å². The van der Waals surface area contributed by atoms with E-state index in [1.54, 1.807) is 0 Å². The summed E-state index contributed by atoms with van der Waals surface area (Å²) < 4.78 is 23.0. The van der Waals surface area contributed by atoms with Crippen LogP contribution in [0.3, 0.4) is 0 Å². The maximum absolute atomic E-state index is 13.7. The Labute approximate surface area is 107 Å². The number of carbonyl (C=O) groups excluding carboxylic acids is 1. The molecule has 0 bridgehead atoms. The van der Waals surface area contributed by atoms with Crippen LogP contribution in [-0.4, -0.2) is 30.2 Å². The molecule has 0 amide bonds. The standard InChI is InChI=1S/C11H8ClFN2O3/c1-17-10-9(12)14-7-3-5(11(16)18-2)6(13)4-8(7)15-10/h3-4H,1-2H3. The second-order valence-electron chi connectivity index (χ2n) is 3.34. The Morgan fingerprint density at radius 2 is 1.94 bits per heavy atom. The maximum Gasteiger partial charge on any atom is 0.340 e. The van der Waals surface area contributed by atoms with Gasteiger partial charge in [-0.25, -0.2) is 19.2 Å². The Bertz CT molecular complexity index is 633. The van der Waals surface area contributed by atoms with Gasteiger partial charge in [-0.15, -0.1) is 0 Å². The Hall–Kier alpha value is -1.95. The van der Waals surface area contributed by atoms with Gasteiger partial charge in [-0.1, -0.05) is 11.6 Å². The lowest BCUT2D eigenvalue weighted by atomic mass is 10.2. The first kappa shape index (κ1) is 12.5. The highest BCUT2D eigenvalue weighted by Gasteiger charge is 2.16. The number of methoxy groups -OCH3 is 2. The molecule has 18 heavy (non-hydrogen) atoms. The molecule has 94 valence electrons. The van der Waals surface area contributed by atoms with E-state index in [1.165, 1.54) is 20.3 Å². The Morgan fingerprint density at radius 3 is 2.56 bits per heavy atom. The van der Waals surface area contributed by atoms with Crippen molar-refractivity contribution in [3.63, 3.8) is 0 Å². The van der Waals surface area contributed by atoms with E-state index in [0.717, 1.165) is 6.07 Å². The average Bonchev–Trinajstić information content (AvgIpc) is 2.37. The lowest BCUT2D eigenvalue weighted by Crippen LogP contribution is -2.05. The third kappa shape index (κ3) is 2.06. The fraction of sp³-hybridized carbons (Fsp3) is 0.182. The van der Waals surface area contributed by atoms with E-state index in [4.69, 9.17) is 16.3 Å². The molecule has 2 aromatic rings. The van der Waals surface area contributed by atoms with Crippen molar-refractivity contribution >= 4 is 28.6 Å². The minimum atomic E-state index is -0.789. The van der Waals surface area contributed by atoms with Gasteiger partial charge in [0.1, 0.15) is 5.82 Å². The summed E-state index contributed by atoms with van der Waals surface area (Å²) in [5.41, 5.74) is 0.296. The van der Waals surface area contributed by atoms with Crippen molar-refractivity contribution in [1.82, 2.24) is 9.97 Å². The first-order valence-electron chi connectivity index (χ1n) is 4.86. The molecule has 0 N–H and O–H groups in total. The van der Waals surface area contributed by atoms with Crippen LogP contribution in [0.5, 0.6) is 5.88 Å². The summed E-state index contributed by atoms with van der Waals surface area (Å²) in [6.07, 6.45) is 0. The quantitative estimate of drug-likeness (QED) is 0.783.